The minimum Gasteiger partial charge on any atom is -0.295 e. The summed E-state index contributed by atoms with van der Waals surface area (Å²) in [7, 11) is 0. The van der Waals surface area contributed by atoms with Crippen LogP contribution in [0.1, 0.15) is 58.3 Å². The third-order valence-electron chi connectivity index (χ3n) is 2.84. The molecule has 0 radical (unpaired) electrons. The molecule has 1 aliphatic rings. The molecule has 0 heterocycles. The van der Waals surface area contributed by atoms with Crippen LogP contribution in [0.15, 0.2) is 23.8 Å². The summed E-state index contributed by atoms with van der Waals surface area (Å²) in [5.74, 6) is 0.361. The van der Waals surface area contributed by atoms with Crippen molar-refractivity contribution in [3.8, 4) is 0 Å². The van der Waals surface area contributed by atoms with Crippen molar-refractivity contribution in [2.24, 2.45) is 0 Å². The van der Waals surface area contributed by atoms with E-state index < -0.39 is 0 Å². The Labute approximate surface area is 93.3 Å². The number of hydrogen-bond acceptors (Lipinski definition) is 1. The van der Waals surface area contributed by atoms with Gasteiger partial charge < -0.3 is 0 Å². The molecule has 84 valence electrons. The molecule has 0 atom stereocenters. The summed E-state index contributed by atoms with van der Waals surface area (Å²) in [6.07, 6.45) is 15.3. The van der Waals surface area contributed by atoms with Crippen LogP contribution >= 0.6 is 0 Å². The molecule has 0 saturated heterocycles. The van der Waals surface area contributed by atoms with Crippen LogP contribution in [0.3, 0.4) is 0 Å². The van der Waals surface area contributed by atoms with Crippen molar-refractivity contribution < 1.29 is 4.79 Å². The Morgan fingerprint density at radius 3 is 2.93 bits per heavy atom. The third kappa shape index (κ3) is 4.96. The van der Waals surface area contributed by atoms with E-state index in [0.29, 0.717) is 5.78 Å². The Hall–Kier alpha value is -0.850. The van der Waals surface area contributed by atoms with Crippen molar-refractivity contribution >= 4 is 5.78 Å². The van der Waals surface area contributed by atoms with Gasteiger partial charge in [-0.1, -0.05) is 38.0 Å². The van der Waals surface area contributed by atoms with Gasteiger partial charge in [0.05, 0.1) is 0 Å². The van der Waals surface area contributed by atoms with E-state index in [9.17, 15) is 4.79 Å². The molecule has 0 N–H and O–H groups in total. The van der Waals surface area contributed by atoms with Gasteiger partial charge in [-0.2, -0.15) is 0 Å². The predicted molar refractivity (Wildman–Crippen MR) is 64.8 cm³/mol. The van der Waals surface area contributed by atoms with E-state index in [-0.39, 0.29) is 0 Å². The van der Waals surface area contributed by atoms with Gasteiger partial charge in [-0.05, 0) is 37.7 Å². The van der Waals surface area contributed by atoms with Crippen molar-refractivity contribution in [1.29, 1.82) is 0 Å². The first-order valence-electron chi connectivity index (χ1n) is 6.22. The average molecular weight is 206 g/mol. The van der Waals surface area contributed by atoms with E-state index in [1.807, 2.05) is 0 Å². The van der Waals surface area contributed by atoms with E-state index >= 15 is 0 Å². The fourth-order valence-electron chi connectivity index (χ4n) is 1.85. The second-order valence-electron chi connectivity index (χ2n) is 4.22. The molecule has 1 heteroatoms. The van der Waals surface area contributed by atoms with Crippen LogP contribution in [0.25, 0.3) is 0 Å². The number of rotatable bonds is 6. The lowest BCUT2D eigenvalue weighted by Crippen LogP contribution is -2.05. The standard InChI is InChI=1S/C14H22O/c1-2-3-4-5-6-7-10-13-11-8-9-12-14(13)15/h6-7,11H,2-5,8-10,12H2,1H3/b7-6+. The molecule has 0 bridgehead atoms. The van der Waals surface area contributed by atoms with Gasteiger partial charge in [0.2, 0.25) is 0 Å². The molecule has 0 spiro atoms. The predicted octanol–water partition coefficient (Wildman–Crippen LogP) is 4.19. The van der Waals surface area contributed by atoms with E-state index in [1.165, 1.54) is 19.3 Å². The first-order valence-corrected chi connectivity index (χ1v) is 6.22. The maximum Gasteiger partial charge on any atom is 0.158 e. The largest absolute Gasteiger partial charge is 0.295 e. The lowest BCUT2D eigenvalue weighted by Gasteiger charge is -2.08. The Morgan fingerprint density at radius 2 is 2.20 bits per heavy atom. The minimum atomic E-state index is 0.361. The molecule has 0 aromatic heterocycles. The first-order chi connectivity index (χ1) is 7.34. The van der Waals surface area contributed by atoms with Crippen LogP contribution < -0.4 is 0 Å². The van der Waals surface area contributed by atoms with Crippen LogP contribution in [0.4, 0.5) is 0 Å². The highest BCUT2D eigenvalue weighted by molar-refractivity contribution is 5.96. The zero-order valence-electron chi connectivity index (χ0n) is 9.80. The van der Waals surface area contributed by atoms with Crippen LogP contribution in [-0.2, 0) is 4.79 Å². The second kappa shape index (κ2) is 7.44. The number of carbonyl (C=O) groups excluding carboxylic acids is 1. The number of ketones is 1. The van der Waals surface area contributed by atoms with Gasteiger partial charge in [0.1, 0.15) is 0 Å². The summed E-state index contributed by atoms with van der Waals surface area (Å²) in [4.78, 5) is 11.5. The van der Waals surface area contributed by atoms with Gasteiger partial charge >= 0.3 is 0 Å². The molecule has 0 aromatic carbocycles. The lowest BCUT2D eigenvalue weighted by atomic mass is 9.95. The highest BCUT2D eigenvalue weighted by Crippen LogP contribution is 2.17. The van der Waals surface area contributed by atoms with Crippen molar-refractivity contribution in [2.75, 3.05) is 0 Å². The molecule has 1 nitrogen and oxygen atoms in total. The number of carbonyl (C=O) groups is 1. The topological polar surface area (TPSA) is 17.1 Å². The van der Waals surface area contributed by atoms with E-state index in [2.05, 4.69) is 25.2 Å². The van der Waals surface area contributed by atoms with Gasteiger partial charge in [0, 0.05) is 6.42 Å². The fourth-order valence-corrected chi connectivity index (χ4v) is 1.85. The Bertz CT molecular complexity index is 248. The molecule has 0 fully saturated rings. The number of allylic oxidation sites excluding steroid dienone is 4. The molecule has 0 unspecified atom stereocenters. The molecule has 1 aliphatic carbocycles. The fraction of sp³-hybridized carbons (Fsp3) is 0.643. The van der Waals surface area contributed by atoms with E-state index in [4.69, 9.17) is 0 Å². The van der Waals surface area contributed by atoms with Crippen molar-refractivity contribution in [2.45, 2.75) is 58.3 Å². The summed E-state index contributed by atoms with van der Waals surface area (Å²) in [6, 6.07) is 0. The van der Waals surface area contributed by atoms with E-state index in [1.54, 1.807) is 0 Å². The van der Waals surface area contributed by atoms with Crippen molar-refractivity contribution in [3.63, 3.8) is 0 Å². The van der Waals surface area contributed by atoms with Gasteiger partial charge in [0.15, 0.2) is 5.78 Å². The molecule has 0 amide bonds. The summed E-state index contributed by atoms with van der Waals surface area (Å²) in [6.45, 7) is 2.22. The third-order valence-corrected chi connectivity index (χ3v) is 2.84. The van der Waals surface area contributed by atoms with Gasteiger partial charge in [-0.15, -0.1) is 0 Å². The first kappa shape index (κ1) is 12.2. The smallest absolute Gasteiger partial charge is 0.158 e. The van der Waals surface area contributed by atoms with Crippen LogP contribution in [0.5, 0.6) is 0 Å². The quantitative estimate of drug-likeness (QED) is 0.470. The molecule has 0 aromatic rings. The highest BCUT2D eigenvalue weighted by atomic mass is 16.1. The maximum absolute atomic E-state index is 11.5. The Balaban J connectivity index is 2.18. The minimum absolute atomic E-state index is 0.361. The molecule has 15 heavy (non-hydrogen) atoms. The second-order valence-corrected chi connectivity index (χ2v) is 4.22. The lowest BCUT2D eigenvalue weighted by molar-refractivity contribution is -0.116. The number of unbranched alkanes of at least 4 members (excludes halogenated alkanes) is 3. The zero-order valence-corrected chi connectivity index (χ0v) is 9.80. The average Bonchev–Trinajstić information content (AvgIpc) is 2.25. The Morgan fingerprint density at radius 1 is 1.33 bits per heavy atom. The number of Topliss-reactive ketones (excluding diaryl/α,β-unsaturated/α-hetero) is 1. The normalized spacial score (nSPS) is 17.1. The summed E-state index contributed by atoms with van der Waals surface area (Å²) in [5.41, 5.74) is 1.04. The molecular formula is C14H22O. The van der Waals surface area contributed by atoms with Crippen molar-refractivity contribution in [1.82, 2.24) is 0 Å². The summed E-state index contributed by atoms with van der Waals surface area (Å²) in [5, 5.41) is 0. The summed E-state index contributed by atoms with van der Waals surface area (Å²) >= 11 is 0. The molecule has 0 saturated carbocycles. The van der Waals surface area contributed by atoms with Crippen LogP contribution in [-0.4, -0.2) is 5.78 Å². The van der Waals surface area contributed by atoms with Gasteiger partial charge in [-0.25, -0.2) is 0 Å². The highest BCUT2D eigenvalue weighted by Gasteiger charge is 2.11. The van der Waals surface area contributed by atoms with Crippen molar-refractivity contribution in [3.05, 3.63) is 23.8 Å². The Kier molecular flexibility index (Phi) is 6.06. The monoisotopic (exact) mass is 206 g/mol. The van der Waals surface area contributed by atoms with Gasteiger partial charge in [-0.3, -0.25) is 4.79 Å². The van der Waals surface area contributed by atoms with E-state index in [0.717, 1.165) is 37.7 Å². The SMILES string of the molecule is CCCCC/C=C/CC1=CCCCC1=O. The number of hydrogen-bond donors (Lipinski definition) is 0. The molecule has 0 aliphatic heterocycles. The summed E-state index contributed by atoms with van der Waals surface area (Å²) < 4.78 is 0. The maximum atomic E-state index is 11.5. The van der Waals surface area contributed by atoms with Crippen LogP contribution in [0, 0.1) is 0 Å². The molecule has 1 rings (SSSR count). The van der Waals surface area contributed by atoms with Gasteiger partial charge in [0.25, 0.3) is 0 Å². The zero-order chi connectivity index (χ0) is 10.9. The molecular weight excluding hydrogens is 184 g/mol. The van der Waals surface area contributed by atoms with Crippen LogP contribution in [0.2, 0.25) is 0 Å².